The van der Waals surface area contributed by atoms with Gasteiger partial charge in [0.2, 0.25) is 0 Å². The Morgan fingerprint density at radius 1 is 0.579 bits per heavy atom. The highest BCUT2D eigenvalue weighted by atomic mass is 32.1. The summed E-state index contributed by atoms with van der Waals surface area (Å²) in [6.45, 7) is 17.9. The molecule has 5 nitrogen and oxygen atoms in total. The van der Waals surface area contributed by atoms with E-state index in [1.807, 2.05) is 29.7 Å². The minimum Gasteiger partial charge on any atom is -0.457 e. The number of nitrogens with zero attached hydrogens (tertiary/aromatic N) is 2. The summed E-state index contributed by atoms with van der Waals surface area (Å²) in [5, 5.41) is 12.3. The third kappa shape index (κ3) is 6.78. The van der Waals surface area contributed by atoms with Gasteiger partial charge in [-0.2, -0.15) is 0 Å². The van der Waals surface area contributed by atoms with E-state index in [0.717, 1.165) is 51.0 Å². The Kier molecular flexibility index (Phi) is 8.86. The second kappa shape index (κ2) is 13.8. The molecular weight excluding hydrogens is 717 g/mol. The molecule has 3 heterocycles. The van der Waals surface area contributed by atoms with E-state index in [4.69, 9.17) is 9.72 Å². The van der Waals surface area contributed by atoms with E-state index >= 15 is 0 Å². The molecule has 0 saturated carbocycles. The number of para-hydroxylation sites is 2. The number of aromatic nitrogens is 2. The first-order valence-electron chi connectivity index (χ1n) is 19.7. The first-order chi connectivity index (χ1) is 27.3. The highest BCUT2D eigenvalue weighted by Gasteiger charge is 2.22. The lowest BCUT2D eigenvalue weighted by Crippen LogP contribution is -2.12. The van der Waals surface area contributed by atoms with Gasteiger partial charge in [0.15, 0.2) is 0 Å². The van der Waals surface area contributed by atoms with E-state index in [-0.39, 0.29) is 10.8 Å². The lowest BCUT2D eigenvalue weighted by Gasteiger charge is -2.23. The second-order valence-electron chi connectivity index (χ2n) is 17.3. The number of ether oxygens (including phenoxy) is 1. The summed E-state index contributed by atoms with van der Waals surface area (Å²) in [5.41, 5.74) is 11.4. The van der Waals surface area contributed by atoms with Gasteiger partial charge in [-0.25, -0.2) is 4.98 Å². The lowest BCUT2D eigenvalue weighted by molar-refractivity contribution is 0.483. The van der Waals surface area contributed by atoms with Crippen molar-refractivity contribution in [1.29, 1.82) is 0 Å². The van der Waals surface area contributed by atoms with E-state index < -0.39 is 0 Å². The van der Waals surface area contributed by atoms with Crippen molar-refractivity contribution in [3.8, 4) is 17.3 Å². The molecule has 6 aromatic carbocycles. The normalized spacial score (nSPS) is 12.2. The maximum absolute atomic E-state index is 6.68. The van der Waals surface area contributed by atoms with Crippen LogP contribution in [-0.4, -0.2) is 9.55 Å². The predicted octanol–water partition coefficient (Wildman–Crippen LogP) is 15.0. The molecule has 0 unspecified atom stereocenters. The van der Waals surface area contributed by atoms with Crippen molar-refractivity contribution in [1.82, 2.24) is 9.55 Å². The molecule has 0 spiro atoms. The Morgan fingerprint density at radius 3 is 2.02 bits per heavy atom. The molecule has 57 heavy (non-hydrogen) atoms. The van der Waals surface area contributed by atoms with Gasteiger partial charge in [0.05, 0.1) is 22.4 Å². The van der Waals surface area contributed by atoms with Crippen LogP contribution in [0.5, 0.6) is 11.5 Å². The molecule has 3 aromatic heterocycles. The van der Waals surface area contributed by atoms with Crippen LogP contribution in [0.2, 0.25) is 0 Å². The third-order valence-electron chi connectivity index (χ3n) is 11.0. The molecule has 0 atom stereocenters. The molecule has 9 aromatic rings. The van der Waals surface area contributed by atoms with Gasteiger partial charge in [0.25, 0.3) is 0 Å². The number of pyridine rings is 1. The van der Waals surface area contributed by atoms with Crippen LogP contribution in [0.25, 0.3) is 47.8 Å². The molecule has 9 rings (SSSR count). The number of anilines is 4. The molecule has 284 valence electrons. The Balaban J connectivity index is 1.09. The summed E-state index contributed by atoms with van der Waals surface area (Å²) < 4.78 is 11.6. The fourth-order valence-corrected chi connectivity index (χ4v) is 9.07. The highest BCUT2D eigenvalue weighted by molar-refractivity contribution is 7.26. The topological polar surface area (TPSA) is 51.1 Å². The quantitative estimate of drug-likeness (QED) is 0.170. The Hall–Kier alpha value is -6.11. The minimum atomic E-state index is -0.0274. The van der Waals surface area contributed by atoms with Gasteiger partial charge in [-0.3, -0.25) is 4.57 Å². The number of thiophene rings is 1. The van der Waals surface area contributed by atoms with E-state index in [2.05, 4.69) is 186 Å². The Morgan fingerprint density at radius 2 is 1.26 bits per heavy atom. The molecule has 0 saturated heterocycles. The third-order valence-corrected chi connectivity index (χ3v) is 12.2. The van der Waals surface area contributed by atoms with E-state index in [0.29, 0.717) is 0 Å². The molecule has 0 aliphatic carbocycles. The monoisotopic (exact) mass is 764 g/mol. The van der Waals surface area contributed by atoms with Crippen LogP contribution in [0, 0.1) is 13.8 Å². The largest absolute Gasteiger partial charge is 0.457 e. The summed E-state index contributed by atoms with van der Waals surface area (Å²) in [7, 11) is 0. The molecular formula is C51H48N4OS. The lowest BCUT2D eigenvalue weighted by atomic mass is 9.84. The number of hydrogen-bond acceptors (Lipinski definition) is 5. The maximum Gasteiger partial charge on any atom is 0.137 e. The Labute approximate surface area is 339 Å². The number of rotatable bonds is 7. The first kappa shape index (κ1) is 36.5. The predicted molar refractivity (Wildman–Crippen MR) is 244 cm³/mol. The highest BCUT2D eigenvalue weighted by Crippen LogP contribution is 2.44. The number of nitrogens with one attached hydrogen (secondary N) is 2. The van der Waals surface area contributed by atoms with E-state index in [1.165, 1.54) is 53.3 Å². The van der Waals surface area contributed by atoms with Gasteiger partial charge >= 0.3 is 0 Å². The fraction of sp³-hybridized carbons (Fsp3) is 0.196. The van der Waals surface area contributed by atoms with Crippen molar-refractivity contribution in [3.63, 3.8) is 0 Å². The summed E-state index contributed by atoms with van der Waals surface area (Å²) in [4.78, 5) is 5.00. The van der Waals surface area contributed by atoms with Crippen molar-refractivity contribution in [2.75, 3.05) is 10.6 Å². The molecule has 6 heteroatoms. The maximum atomic E-state index is 6.68. The molecule has 2 N–H and O–H groups in total. The van der Waals surface area contributed by atoms with Crippen molar-refractivity contribution >= 4 is 76.1 Å². The van der Waals surface area contributed by atoms with Crippen molar-refractivity contribution < 1.29 is 4.74 Å². The van der Waals surface area contributed by atoms with Crippen LogP contribution < -0.4 is 15.4 Å². The van der Waals surface area contributed by atoms with E-state index in [9.17, 15) is 0 Å². The molecule has 0 fully saturated rings. The van der Waals surface area contributed by atoms with Crippen LogP contribution in [0.3, 0.4) is 0 Å². The molecule has 0 amide bonds. The van der Waals surface area contributed by atoms with Crippen molar-refractivity contribution in [2.45, 2.75) is 66.2 Å². The van der Waals surface area contributed by atoms with Crippen LogP contribution in [0.1, 0.15) is 63.8 Å². The van der Waals surface area contributed by atoms with Gasteiger partial charge in [0.1, 0.15) is 17.3 Å². The summed E-state index contributed by atoms with van der Waals surface area (Å²) in [5.74, 6) is 2.40. The standard InChI is InChI=1S/C51H48N4OS/c1-31-26-34(51(6,7)8)27-32(2)48(31)54-42-18-11-10-17-41(42)53-35-14-13-15-36(29-35)56-37-20-21-38-39-22-23-45-47(40-16-9-12-19-44(40)57-45)49(39)55(43(38)30-37)46-28-33(24-25-52-46)50(3,4)5/h9-30,53-54H,1-8H3. The van der Waals surface area contributed by atoms with Crippen molar-refractivity contribution in [3.05, 3.63) is 156 Å². The number of hydrogen-bond donors (Lipinski definition) is 2. The SMILES string of the molecule is Cc1cc(C(C)(C)C)cc(C)c1Nc1ccccc1Nc1cccc(Oc2ccc3c4ccc5sc6ccccc6c5c4n(-c4cc(C(C)(C)C)ccn4)c3c2)c1. The number of benzene rings is 6. The zero-order valence-electron chi connectivity index (χ0n) is 33.9. The average molecular weight is 765 g/mol. The molecule has 0 radical (unpaired) electrons. The zero-order chi connectivity index (χ0) is 39.6. The number of fused-ring (bicyclic) bond motifs is 7. The average Bonchev–Trinajstić information content (AvgIpc) is 3.72. The van der Waals surface area contributed by atoms with Gasteiger partial charge < -0.3 is 15.4 Å². The van der Waals surface area contributed by atoms with Crippen LogP contribution >= 0.6 is 11.3 Å². The van der Waals surface area contributed by atoms with Crippen LogP contribution in [0.4, 0.5) is 22.7 Å². The van der Waals surface area contributed by atoms with Crippen LogP contribution in [-0.2, 0) is 10.8 Å². The zero-order valence-corrected chi connectivity index (χ0v) is 34.7. The second-order valence-corrected chi connectivity index (χ2v) is 18.3. The summed E-state index contributed by atoms with van der Waals surface area (Å²) >= 11 is 1.84. The van der Waals surface area contributed by atoms with Gasteiger partial charge in [-0.15, -0.1) is 11.3 Å². The number of aryl methyl sites for hydroxylation is 2. The van der Waals surface area contributed by atoms with Gasteiger partial charge in [0, 0.05) is 60.6 Å². The summed E-state index contributed by atoms with van der Waals surface area (Å²) in [6.07, 6.45) is 1.94. The van der Waals surface area contributed by atoms with E-state index in [1.54, 1.807) is 0 Å². The van der Waals surface area contributed by atoms with Crippen LogP contribution in [0.15, 0.2) is 134 Å². The first-order valence-corrected chi connectivity index (χ1v) is 20.5. The van der Waals surface area contributed by atoms with Crippen molar-refractivity contribution in [2.24, 2.45) is 0 Å². The smallest absolute Gasteiger partial charge is 0.137 e. The fourth-order valence-electron chi connectivity index (χ4n) is 7.96. The van der Waals surface area contributed by atoms with Gasteiger partial charge in [-0.05, 0) is 108 Å². The summed E-state index contributed by atoms with van der Waals surface area (Å²) in [6, 6.07) is 45.2. The molecule has 0 aliphatic rings. The van der Waals surface area contributed by atoms with Gasteiger partial charge in [-0.1, -0.05) is 96.1 Å². The minimum absolute atomic E-state index is 0.0274. The molecule has 0 aliphatic heterocycles. The Bertz CT molecular complexity index is 2970. The molecule has 0 bridgehead atoms.